The lowest BCUT2D eigenvalue weighted by Crippen LogP contribution is -2.29. The Morgan fingerprint density at radius 2 is 2.12 bits per heavy atom. The molecule has 0 aliphatic heterocycles. The van der Waals surface area contributed by atoms with Gasteiger partial charge < -0.3 is 4.90 Å². The number of nitrogens with zero attached hydrogens (tertiary/aromatic N) is 3. The molecule has 17 heavy (non-hydrogen) atoms. The van der Waals surface area contributed by atoms with Crippen LogP contribution in [0.3, 0.4) is 0 Å². The first-order valence-electron chi connectivity index (χ1n) is 5.34. The molecular formula is C13H17N3O. The summed E-state index contributed by atoms with van der Waals surface area (Å²) < 4.78 is 1.69. The Kier molecular flexibility index (Phi) is 4.94. The molecule has 0 unspecified atom stereocenters. The average Bonchev–Trinajstić information content (AvgIpc) is 2.72. The SMILES string of the molecule is C=CCN(CC=C)C(=O)/C=C\c1cnn(C)c1. The zero-order chi connectivity index (χ0) is 12.7. The quantitative estimate of drug-likeness (QED) is 0.551. The number of carbonyl (C=O) groups is 1. The van der Waals surface area contributed by atoms with E-state index in [1.54, 1.807) is 34.0 Å². The van der Waals surface area contributed by atoms with Gasteiger partial charge in [0.25, 0.3) is 0 Å². The van der Waals surface area contributed by atoms with Crippen LogP contribution in [0.2, 0.25) is 0 Å². The Balaban J connectivity index is 2.65. The molecule has 0 radical (unpaired) electrons. The fourth-order valence-corrected chi connectivity index (χ4v) is 1.37. The molecule has 1 rings (SSSR count). The van der Waals surface area contributed by atoms with Gasteiger partial charge in [-0.3, -0.25) is 9.48 Å². The van der Waals surface area contributed by atoms with Gasteiger partial charge in [0, 0.05) is 38.0 Å². The summed E-state index contributed by atoms with van der Waals surface area (Å²) in [4.78, 5) is 13.5. The molecule has 0 fully saturated rings. The van der Waals surface area contributed by atoms with Crippen LogP contribution in [0.5, 0.6) is 0 Å². The monoisotopic (exact) mass is 231 g/mol. The van der Waals surface area contributed by atoms with Crippen molar-refractivity contribution in [3.8, 4) is 0 Å². The Morgan fingerprint density at radius 3 is 2.59 bits per heavy atom. The molecule has 1 heterocycles. The van der Waals surface area contributed by atoms with Crippen LogP contribution in [0.4, 0.5) is 0 Å². The topological polar surface area (TPSA) is 38.1 Å². The lowest BCUT2D eigenvalue weighted by atomic mass is 10.3. The number of carbonyl (C=O) groups excluding carboxylic acids is 1. The molecule has 90 valence electrons. The van der Waals surface area contributed by atoms with Crippen molar-refractivity contribution in [1.82, 2.24) is 14.7 Å². The molecule has 0 aliphatic carbocycles. The van der Waals surface area contributed by atoms with Gasteiger partial charge in [-0.1, -0.05) is 12.2 Å². The highest BCUT2D eigenvalue weighted by Gasteiger charge is 2.06. The predicted molar refractivity (Wildman–Crippen MR) is 69.2 cm³/mol. The van der Waals surface area contributed by atoms with Crippen LogP contribution < -0.4 is 0 Å². The van der Waals surface area contributed by atoms with Gasteiger partial charge in [0.1, 0.15) is 0 Å². The van der Waals surface area contributed by atoms with Gasteiger partial charge in [-0.05, 0) is 6.08 Å². The van der Waals surface area contributed by atoms with Crippen LogP contribution in [0.25, 0.3) is 6.08 Å². The van der Waals surface area contributed by atoms with Gasteiger partial charge in [0.2, 0.25) is 5.91 Å². The van der Waals surface area contributed by atoms with Crippen molar-refractivity contribution in [2.24, 2.45) is 7.05 Å². The first-order valence-corrected chi connectivity index (χ1v) is 5.34. The Hall–Kier alpha value is -2.10. The highest BCUT2D eigenvalue weighted by atomic mass is 16.2. The van der Waals surface area contributed by atoms with E-state index < -0.39 is 0 Å². The minimum atomic E-state index is -0.0614. The minimum absolute atomic E-state index is 0.0614. The number of aromatic nitrogens is 2. The highest BCUT2D eigenvalue weighted by Crippen LogP contribution is 2.01. The molecule has 4 nitrogen and oxygen atoms in total. The molecule has 0 saturated heterocycles. The number of rotatable bonds is 6. The van der Waals surface area contributed by atoms with Gasteiger partial charge in [-0.15, -0.1) is 13.2 Å². The second-order valence-corrected chi connectivity index (χ2v) is 3.60. The summed E-state index contributed by atoms with van der Waals surface area (Å²) in [5.74, 6) is -0.0614. The Bertz CT molecular complexity index is 422. The van der Waals surface area contributed by atoms with E-state index in [4.69, 9.17) is 0 Å². The van der Waals surface area contributed by atoms with E-state index in [1.807, 2.05) is 13.2 Å². The largest absolute Gasteiger partial charge is 0.332 e. The van der Waals surface area contributed by atoms with Crippen molar-refractivity contribution in [2.45, 2.75) is 0 Å². The molecule has 0 atom stereocenters. The fourth-order valence-electron chi connectivity index (χ4n) is 1.37. The molecule has 0 aliphatic rings. The lowest BCUT2D eigenvalue weighted by Gasteiger charge is -2.16. The summed E-state index contributed by atoms with van der Waals surface area (Å²) in [5, 5.41) is 4.02. The van der Waals surface area contributed by atoms with E-state index in [2.05, 4.69) is 18.3 Å². The first kappa shape index (κ1) is 13.0. The number of hydrogen-bond donors (Lipinski definition) is 0. The van der Waals surface area contributed by atoms with Gasteiger partial charge >= 0.3 is 0 Å². The normalized spacial score (nSPS) is 10.4. The molecule has 1 amide bonds. The Labute approximate surface area is 102 Å². The van der Waals surface area contributed by atoms with Crippen molar-refractivity contribution in [1.29, 1.82) is 0 Å². The van der Waals surface area contributed by atoms with Crippen LogP contribution in [0.15, 0.2) is 43.8 Å². The standard InChI is InChI=1S/C13H17N3O/c1-4-8-16(9-5-2)13(17)7-6-12-10-14-15(3)11-12/h4-7,10-11H,1-2,8-9H2,3H3/b7-6-. The summed E-state index contributed by atoms with van der Waals surface area (Å²) >= 11 is 0. The van der Waals surface area contributed by atoms with Crippen molar-refractivity contribution in [2.75, 3.05) is 13.1 Å². The lowest BCUT2D eigenvalue weighted by molar-refractivity contribution is -0.124. The minimum Gasteiger partial charge on any atom is -0.332 e. The number of hydrogen-bond acceptors (Lipinski definition) is 2. The van der Waals surface area contributed by atoms with E-state index >= 15 is 0 Å². The third-order valence-electron chi connectivity index (χ3n) is 2.15. The highest BCUT2D eigenvalue weighted by molar-refractivity contribution is 5.91. The van der Waals surface area contributed by atoms with Crippen LogP contribution >= 0.6 is 0 Å². The second-order valence-electron chi connectivity index (χ2n) is 3.60. The fraction of sp³-hybridized carbons (Fsp3) is 0.231. The summed E-state index contributed by atoms with van der Waals surface area (Å²) in [7, 11) is 1.83. The summed E-state index contributed by atoms with van der Waals surface area (Å²) in [6.45, 7) is 8.27. The van der Waals surface area contributed by atoms with Crippen LogP contribution in [-0.2, 0) is 11.8 Å². The van der Waals surface area contributed by atoms with Crippen LogP contribution in [-0.4, -0.2) is 33.7 Å². The summed E-state index contributed by atoms with van der Waals surface area (Å²) in [6, 6.07) is 0. The maximum atomic E-state index is 11.8. The zero-order valence-electron chi connectivity index (χ0n) is 10.0. The third kappa shape index (κ3) is 4.10. The zero-order valence-corrected chi connectivity index (χ0v) is 10.0. The predicted octanol–water partition coefficient (Wildman–Crippen LogP) is 1.63. The molecule has 4 heteroatoms. The average molecular weight is 231 g/mol. The molecule has 0 spiro atoms. The van der Waals surface area contributed by atoms with Crippen LogP contribution in [0, 0.1) is 0 Å². The molecule has 0 saturated carbocycles. The van der Waals surface area contributed by atoms with E-state index in [1.165, 1.54) is 6.08 Å². The smallest absolute Gasteiger partial charge is 0.247 e. The van der Waals surface area contributed by atoms with E-state index in [-0.39, 0.29) is 5.91 Å². The second kappa shape index (κ2) is 6.48. The number of aryl methyl sites for hydroxylation is 1. The van der Waals surface area contributed by atoms with Crippen molar-refractivity contribution >= 4 is 12.0 Å². The van der Waals surface area contributed by atoms with Gasteiger partial charge in [-0.2, -0.15) is 5.10 Å². The Morgan fingerprint density at radius 1 is 1.47 bits per heavy atom. The summed E-state index contributed by atoms with van der Waals surface area (Å²) in [5.41, 5.74) is 0.901. The van der Waals surface area contributed by atoms with E-state index in [0.29, 0.717) is 13.1 Å². The van der Waals surface area contributed by atoms with Crippen molar-refractivity contribution in [3.63, 3.8) is 0 Å². The van der Waals surface area contributed by atoms with Crippen molar-refractivity contribution in [3.05, 3.63) is 49.3 Å². The summed E-state index contributed by atoms with van der Waals surface area (Å²) in [6.07, 6.45) is 10.2. The van der Waals surface area contributed by atoms with Gasteiger partial charge in [0.15, 0.2) is 0 Å². The molecule has 1 aromatic heterocycles. The van der Waals surface area contributed by atoms with Gasteiger partial charge in [0.05, 0.1) is 6.20 Å². The maximum absolute atomic E-state index is 11.8. The third-order valence-corrected chi connectivity index (χ3v) is 2.15. The van der Waals surface area contributed by atoms with Crippen molar-refractivity contribution < 1.29 is 4.79 Å². The maximum Gasteiger partial charge on any atom is 0.247 e. The number of amides is 1. The molecule has 0 N–H and O–H groups in total. The van der Waals surface area contributed by atoms with Crippen LogP contribution in [0.1, 0.15) is 5.56 Å². The molecular weight excluding hydrogens is 214 g/mol. The molecule has 1 aromatic rings. The molecule has 0 bridgehead atoms. The van der Waals surface area contributed by atoms with E-state index in [0.717, 1.165) is 5.56 Å². The van der Waals surface area contributed by atoms with Gasteiger partial charge in [-0.25, -0.2) is 0 Å². The molecule has 0 aromatic carbocycles. The first-order chi connectivity index (χ1) is 8.17. The van der Waals surface area contributed by atoms with E-state index in [9.17, 15) is 4.79 Å².